The van der Waals surface area contributed by atoms with Crippen LogP contribution in [0.25, 0.3) is 0 Å². The molecule has 2 rings (SSSR count). The Hall–Kier alpha value is -0.810. The Morgan fingerprint density at radius 1 is 1.39 bits per heavy atom. The normalized spacial score (nSPS) is 28.2. The van der Waals surface area contributed by atoms with E-state index in [4.69, 9.17) is 9.84 Å². The number of likely N-dealkylation sites (tertiary alicyclic amines) is 1. The molecule has 0 bridgehead atoms. The fraction of sp³-hybridized carbons (Fsp3) is 0.923. The van der Waals surface area contributed by atoms with Gasteiger partial charge in [-0.25, -0.2) is 4.79 Å². The maximum atomic E-state index is 11.7. The molecule has 1 heterocycles. The van der Waals surface area contributed by atoms with Crippen LogP contribution in [0, 0.1) is 5.92 Å². The number of aliphatic hydroxyl groups excluding tert-OH is 1. The maximum Gasteiger partial charge on any atom is 0.409 e. The van der Waals surface area contributed by atoms with Gasteiger partial charge in [0.2, 0.25) is 0 Å². The summed E-state index contributed by atoms with van der Waals surface area (Å²) < 4.78 is 4.82. The summed E-state index contributed by atoms with van der Waals surface area (Å²) in [5, 5.41) is 12.5. The van der Waals surface area contributed by atoms with E-state index in [2.05, 4.69) is 5.32 Å². The van der Waals surface area contributed by atoms with Gasteiger partial charge in [0.05, 0.1) is 7.11 Å². The highest BCUT2D eigenvalue weighted by atomic mass is 16.5. The van der Waals surface area contributed by atoms with E-state index >= 15 is 0 Å². The summed E-state index contributed by atoms with van der Waals surface area (Å²) in [6.07, 6.45) is 5.19. The van der Waals surface area contributed by atoms with Gasteiger partial charge in [-0.05, 0) is 38.0 Å². The van der Waals surface area contributed by atoms with Crippen molar-refractivity contribution in [2.45, 2.75) is 44.2 Å². The van der Waals surface area contributed by atoms with Crippen LogP contribution in [0.1, 0.15) is 32.1 Å². The van der Waals surface area contributed by atoms with E-state index < -0.39 is 0 Å². The Morgan fingerprint density at radius 3 is 2.78 bits per heavy atom. The topological polar surface area (TPSA) is 61.8 Å². The number of amides is 1. The van der Waals surface area contributed by atoms with Crippen LogP contribution < -0.4 is 5.32 Å². The van der Waals surface area contributed by atoms with Crippen molar-refractivity contribution in [1.82, 2.24) is 10.2 Å². The van der Waals surface area contributed by atoms with Crippen molar-refractivity contribution in [3.8, 4) is 0 Å². The highest BCUT2D eigenvalue weighted by molar-refractivity contribution is 5.67. The van der Waals surface area contributed by atoms with Gasteiger partial charge in [0.15, 0.2) is 0 Å². The molecule has 0 aromatic carbocycles. The Morgan fingerprint density at radius 2 is 2.17 bits per heavy atom. The molecular weight excluding hydrogens is 232 g/mol. The van der Waals surface area contributed by atoms with Crippen molar-refractivity contribution >= 4 is 6.09 Å². The zero-order valence-electron chi connectivity index (χ0n) is 11.1. The number of nitrogens with one attached hydrogen (secondary N) is 1. The molecule has 2 atom stereocenters. The zero-order valence-corrected chi connectivity index (χ0v) is 11.1. The number of piperidine rings is 1. The van der Waals surface area contributed by atoms with Crippen LogP contribution in [0.15, 0.2) is 0 Å². The summed E-state index contributed by atoms with van der Waals surface area (Å²) in [6.45, 7) is 1.74. The lowest BCUT2D eigenvalue weighted by molar-refractivity contribution is 0.0871. The molecule has 1 aliphatic heterocycles. The minimum atomic E-state index is -0.230. The number of carbonyl (C=O) groups excluding carboxylic acids is 1. The third kappa shape index (κ3) is 3.85. The largest absolute Gasteiger partial charge is 0.453 e. The molecule has 2 fully saturated rings. The minimum absolute atomic E-state index is 0.230. The molecule has 2 aliphatic rings. The van der Waals surface area contributed by atoms with E-state index in [9.17, 15) is 4.79 Å². The summed E-state index contributed by atoms with van der Waals surface area (Å²) >= 11 is 0. The van der Waals surface area contributed by atoms with Crippen LogP contribution in [0.5, 0.6) is 0 Å². The van der Waals surface area contributed by atoms with E-state index in [1.165, 1.54) is 20.0 Å². The Labute approximate surface area is 108 Å². The first-order valence-electron chi connectivity index (χ1n) is 6.92. The molecule has 0 aromatic heterocycles. The third-order valence-electron chi connectivity index (χ3n) is 3.79. The molecule has 1 aliphatic carbocycles. The summed E-state index contributed by atoms with van der Waals surface area (Å²) in [4.78, 5) is 13.5. The van der Waals surface area contributed by atoms with Gasteiger partial charge in [-0.15, -0.1) is 0 Å². The van der Waals surface area contributed by atoms with Crippen LogP contribution in [0.2, 0.25) is 0 Å². The van der Waals surface area contributed by atoms with Crippen molar-refractivity contribution in [2.75, 3.05) is 26.8 Å². The molecule has 0 radical (unpaired) electrons. The predicted molar refractivity (Wildman–Crippen MR) is 68.4 cm³/mol. The van der Waals surface area contributed by atoms with E-state index in [1.54, 1.807) is 4.90 Å². The molecule has 5 nitrogen and oxygen atoms in total. The van der Waals surface area contributed by atoms with Crippen molar-refractivity contribution < 1.29 is 14.6 Å². The molecule has 5 heteroatoms. The fourth-order valence-corrected chi connectivity index (χ4v) is 2.78. The van der Waals surface area contributed by atoms with Crippen LogP contribution >= 0.6 is 0 Å². The summed E-state index contributed by atoms with van der Waals surface area (Å²) in [5.74, 6) is 0.473. The van der Waals surface area contributed by atoms with Gasteiger partial charge in [0, 0.05) is 31.8 Å². The van der Waals surface area contributed by atoms with Gasteiger partial charge in [-0.3, -0.25) is 0 Å². The second-order valence-corrected chi connectivity index (χ2v) is 5.48. The van der Waals surface area contributed by atoms with Gasteiger partial charge in [0.1, 0.15) is 0 Å². The lowest BCUT2D eigenvalue weighted by atomic mass is 9.90. The van der Waals surface area contributed by atoms with Crippen LogP contribution in [-0.4, -0.2) is 55.0 Å². The second kappa shape index (κ2) is 6.38. The average Bonchev–Trinajstić information content (AvgIpc) is 3.19. The van der Waals surface area contributed by atoms with E-state index in [0.717, 1.165) is 32.4 Å². The first-order chi connectivity index (χ1) is 8.72. The number of rotatable bonds is 5. The molecule has 18 heavy (non-hydrogen) atoms. The van der Waals surface area contributed by atoms with Crippen LogP contribution in [0.4, 0.5) is 4.79 Å². The molecule has 104 valence electrons. The van der Waals surface area contributed by atoms with Gasteiger partial charge in [0.25, 0.3) is 0 Å². The van der Waals surface area contributed by atoms with Gasteiger partial charge in [-0.2, -0.15) is 0 Å². The Bertz CT molecular complexity index is 281. The number of methoxy groups -OCH3 is 1. The molecule has 2 N–H and O–H groups in total. The average molecular weight is 256 g/mol. The molecule has 0 aromatic rings. The number of carbonyl (C=O) groups is 1. The van der Waals surface area contributed by atoms with Crippen molar-refractivity contribution in [1.29, 1.82) is 0 Å². The Kier molecular flexibility index (Phi) is 4.83. The predicted octanol–water partition coefficient (Wildman–Crippen LogP) is 0.968. The van der Waals surface area contributed by atoms with Crippen molar-refractivity contribution in [2.24, 2.45) is 5.92 Å². The maximum absolute atomic E-state index is 11.7. The Balaban J connectivity index is 1.88. The first kappa shape index (κ1) is 13.6. The highest BCUT2D eigenvalue weighted by Crippen LogP contribution is 2.26. The molecule has 0 spiro atoms. The molecule has 1 saturated heterocycles. The van der Waals surface area contributed by atoms with Gasteiger partial charge >= 0.3 is 6.09 Å². The number of nitrogens with zero attached hydrogens (tertiary/aromatic N) is 1. The van der Waals surface area contributed by atoms with Gasteiger partial charge < -0.3 is 20.1 Å². The highest BCUT2D eigenvalue weighted by Gasteiger charge is 2.33. The van der Waals surface area contributed by atoms with Crippen LogP contribution in [-0.2, 0) is 4.74 Å². The third-order valence-corrected chi connectivity index (χ3v) is 3.79. The first-order valence-corrected chi connectivity index (χ1v) is 6.92. The lowest BCUT2D eigenvalue weighted by Crippen LogP contribution is -2.51. The van der Waals surface area contributed by atoms with E-state index in [0.29, 0.717) is 18.0 Å². The minimum Gasteiger partial charge on any atom is -0.453 e. The second-order valence-electron chi connectivity index (χ2n) is 5.48. The lowest BCUT2D eigenvalue weighted by Gasteiger charge is -2.37. The summed E-state index contributed by atoms with van der Waals surface area (Å²) in [7, 11) is 1.43. The number of hydrogen-bond acceptors (Lipinski definition) is 4. The fourth-order valence-electron chi connectivity index (χ4n) is 2.78. The molecule has 1 amide bonds. The number of aliphatic hydroxyl groups is 1. The van der Waals surface area contributed by atoms with Crippen molar-refractivity contribution in [3.63, 3.8) is 0 Å². The number of hydrogen-bond donors (Lipinski definition) is 2. The standard InChI is InChI=1S/C13H24N2O3/c1-18-13(17)15-8-10(3-2-6-16)7-12(9-15)14-11-4-5-11/h10-12,14,16H,2-9H2,1H3. The molecule has 2 unspecified atom stereocenters. The summed E-state index contributed by atoms with van der Waals surface area (Å²) in [5.41, 5.74) is 0. The zero-order chi connectivity index (χ0) is 13.0. The van der Waals surface area contributed by atoms with E-state index in [1.807, 2.05) is 0 Å². The van der Waals surface area contributed by atoms with E-state index in [-0.39, 0.29) is 12.7 Å². The SMILES string of the molecule is COC(=O)N1CC(CCCO)CC(NC2CC2)C1. The molecular formula is C13H24N2O3. The van der Waals surface area contributed by atoms with Gasteiger partial charge in [-0.1, -0.05) is 0 Å². The smallest absolute Gasteiger partial charge is 0.409 e. The number of ether oxygens (including phenoxy) is 1. The monoisotopic (exact) mass is 256 g/mol. The quantitative estimate of drug-likeness (QED) is 0.769. The van der Waals surface area contributed by atoms with Crippen molar-refractivity contribution in [3.05, 3.63) is 0 Å². The molecule has 1 saturated carbocycles. The van der Waals surface area contributed by atoms with Crippen LogP contribution in [0.3, 0.4) is 0 Å². The summed E-state index contributed by atoms with van der Waals surface area (Å²) in [6, 6.07) is 1.04.